The Hall–Kier alpha value is -1.52. The first-order valence-electron chi connectivity index (χ1n) is 6.62. The molecule has 3 nitrogen and oxygen atoms in total. The number of aromatic hydroxyl groups is 1. The van der Waals surface area contributed by atoms with Crippen LogP contribution in [0.25, 0.3) is 0 Å². The van der Waals surface area contributed by atoms with Gasteiger partial charge in [-0.3, -0.25) is 0 Å². The number of hydrogen-bond acceptors (Lipinski definition) is 3. The minimum atomic E-state index is 0.306. The summed E-state index contributed by atoms with van der Waals surface area (Å²) in [6, 6.07) is 15.4. The Kier molecular flexibility index (Phi) is 5.89. The summed E-state index contributed by atoms with van der Waals surface area (Å²) in [6.45, 7) is 2.18. The molecule has 0 atom stereocenters. The van der Waals surface area contributed by atoms with E-state index in [4.69, 9.17) is 4.74 Å². The van der Waals surface area contributed by atoms with Gasteiger partial charge in [0.25, 0.3) is 0 Å². The number of para-hydroxylation sites is 2. The van der Waals surface area contributed by atoms with Crippen LogP contribution >= 0.6 is 15.9 Å². The summed E-state index contributed by atoms with van der Waals surface area (Å²) in [6.07, 6.45) is 0.920. The van der Waals surface area contributed by atoms with Gasteiger partial charge in [-0.1, -0.05) is 30.3 Å². The number of benzene rings is 2. The van der Waals surface area contributed by atoms with Crippen LogP contribution in [-0.2, 0) is 6.54 Å². The Labute approximate surface area is 127 Å². The molecule has 0 bridgehead atoms. The molecular weight excluding hydrogens is 318 g/mol. The van der Waals surface area contributed by atoms with Crippen molar-refractivity contribution in [3.63, 3.8) is 0 Å². The summed E-state index contributed by atoms with van der Waals surface area (Å²) >= 11 is 3.31. The van der Waals surface area contributed by atoms with Crippen molar-refractivity contribution in [3.8, 4) is 11.5 Å². The molecule has 0 heterocycles. The Balaban J connectivity index is 1.63. The molecule has 0 spiro atoms. The van der Waals surface area contributed by atoms with Crippen LogP contribution in [0.1, 0.15) is 12.0 Å². The van der Waals surface area contributed by atoms with Crippen molar-refractivity contribution < 1.29 is 9.84 Å². The molecule has 0 radical (unpaired) electrons. The molecule has 0 saturated carbocycles. The van der Waals surface area contributed by atoms with E-state index in [1.54, 1.807) is 0 Å². The first-order valence-corrected chi connectivity index (χ1v) is 7.41. The van der Waals surface area contributed by atoms with Gasteiger partial charge in [-0.15, -0.1) is 0 Å². The molecule has 0 amide bonds. The molecule has 2 aromatic carbocycles. The summed E-state index contributed by atoms with van der Waals surface area (Å²) in [4.78, 5) is 0. The monoisotopic (exact) mass is 335 g/mol. The third kappa shape index (κ3) is 4.54. The van der Waals surface area contributed by atoms with E-state index in [0.29, 0.717) is 18.9 Å². The molecule has 2 N–H and O–H groups in total. The van der Waals surface area contributed by atoms with Gasteiger partial charge in [0.1, 0.15) is 11.5 Å². The van der Waals surface area contributed by atoms with E-state index < -0.39 is 0 Å². The van der Waals surface area contributed by atoms with Crippen molar-refractivity contribution in [1.29, 1.82) is 0 Å². The third-order valence-corrected chi connectivity index (χ3v) is 3.54. The lowest BCUT2D eigenvalue weighted by molar-refractivity contribution is 0.308. The molecule has 20 heavy (non-hydrogen) atoms. The minimum absolute atomic E-state index is 0.306. The summed E-state index contributed by atoms with van der Waals surface area (Å²) in [5, 5.41) is 13.1. The van der Waals surface area contributed by atoms with Gasteiger partial charge in [0.15, 0.2) is 0 Å². The first kappa shape index (κ1) is 14.9. The maximum Gasteiger partial charge on any atom is 0.134 e. The van der Waals surface area contributed by atoms with Gasteiger partial charge in [0, 0.05) is 12.1 Å². The highest BCUT2D eigenvalue weighted by Gasteiger charge is 2.03. The number of phenolic OH excluding ortho intramolecular Hbond substituents is 1. The highest BCUT2D eigenvalue weighted by Crippen LogP contribution is 2.27. The van der Waals surface area contributed by atoms with E-state index >= 15 is 0 Å². The van der Waals surface area contributed by atoms with E-state index in [2.05, 4.69) is 21.2 Å². The smallest absolute Gasteiger partial charge is 0.134 e. The minimum Gasteiger partial charge on any atom is -0.506 e. The predicted molar refractivity (Wildman–Crippen MR) is 84.1 cm³/mol. The van der Waals surface area contributed by atoms with E-state index in [-0.39, 0.29) is 0 Å². The molecule has 0 aliphatic rings. The number of hydrogen-bond donors (Lipinski definition) is 2. The Morgan fingerprint density at radius 3 is 2.65 bits per heavy atom. The van der Waals surface area contributed by atoms with Crippen molar-refractivity contribution in [2.24, 2.45) is 0 Å². The predicted octanol–water partition coefficient (Wildman–Crippen LogP) is 3.71. The summed E-state index contributed by atoms with van der Waals surface area (Å²) in [5.74, 6) is 1.21. The molecule has 2 aromatic rings. The maximum absolute atomic E-state index is 9.84. The SMILES string of the molecule is Oc1c(Br)cccc1CNCCCOc1ccccc1. The molecule has 0 fully saturated rings. The third-order valence-electron chi connectivity index (χ3n) is 2.90. The van der Waals surface area contributed by atoms with E-state index in [1.807, 2.05) is 48.5 Å². The molecule has 0 unspecified atom stereocenters. The van der Waals surface area contributed by atoms with Gasteiger partial charge in [-0.2, -0.15) is 0 Å². The van der Waals surface area contributed by atoms with Gasteiger partial charge in [-0.05, 0) is 47.1 Å². The van der Waals surface area contributed by atoms with Crippen molar-refractivity contribution in [3.05, 3.63) is 58.6 Å². The van der Waals surface area contributed by atoms with Crippen molar-refractivity contribution in [2.75, 3.05) is 13.2 Å². The zero-order valence-corrected chi connectivity index (χ0v) is 12.8. The Morgan fingerprint density at radius 1 is 1.05 bits per heavy atom. The van der Waals surface area contributed by atoms with Crippen LogP contribution < -0.4 is 10.1 Å². The van der Waals surface area contributed by atoms with Gasteiger partial charge in [-0.25, -0.2) is 0 Å². The zero-order valence-electron chi connectivity index (χ0n) is 11.2. The van der Waals surface area contributed by atoms with Crippen molar-refractivity contribution >= 4 is 15.9 Å². The molecule has 0 saturated heterocycles. The maximum atomic E-state index is 9.84. The lowest BCUT2D eigenvalue weighted by atomic mass is 10.2. The largest absolute Gasteiger partial charge is 0.506 e. The fraction of sp³-hybridized carbons (Fsp3) is 0.250. The van der Waals surface area contributed by atoms with Crippen molar-refractivity contribution in [2.45, 2.75) is 13.0 Å². The standard InChI is InChI=1S/C16H18BrNO2/c17-15-9-4-6-13(16(15)19)12-18-10-5-11-20-14-7-2-1-3-8-14/h1-4,6-9,18-19H,5,10-12H2. The summed E-state index contributed by atoms with van der Waals surface area (Å²) in [7, 11) is 0. The van der Waals surface area contributed by atoms with Crippen LogP contribution in [0.4, 0.5) is 0 Å². The lowest BCUT2D eigenvalue weighted by Crippen LogP contribution is -2.17. The van der Waals surface area contributed by atoms with Gasteiger partial charge >= 0.3 is 0 Å². The molecule has 0 aliphatic carbocycles. The normalized spacial score (nSPS) is 10.4. The second-order valence-corrected chi connectivity index (χ2v) is 5.29. The summed E-state index contributed by atoms with van der Waals surface area (Å²) in [5.41, 5.74) is 0.892. The number of nitrogens with one attached hydrogen (secondary N) is 1. The van der Waals surface area contributed by atoms with E-state index in [9.17, 15) is 5.11 Å². The van der Waals surface area contributed by atoms with E-state index in [1.165, 1.54) is 0 Å². The second-order valence-electron chi connectivity index (χ2n) is 4.44. The fourth-order valence-corrected chi connectivity index (χ4v) is 2.24. The van der Waals surface area contributed by atoms with Gasteiger partial charge in [0.2, 0.25) is 0 Å². The van der Waals surface area contributed by atoms with Crippen LogP contribution in [0.15, 0.2) is 53.0 Å². The van der Waals surface area contributed by atoms with Gasteiger partial charge in [0.05, 0.1) is 11.1 Å². The summed E-state index contributed by atoms with van der Waals surface area (Å²) < 4.78 is 6.33. The van der Waals surface area contributed by atoms with Crippen LogP contribution in [-0.4, -0.2) is 18.3 Å². The number of ether oxygens (including phenoxy) is 1. The second kappa shape index (κ2) is 7.92. The number of halogens is 1. The van der Waals surface area contributed by atoms with Gasteiger partial charge < -0.3 is 15.2 Å². The number of phenols is 1. The van der Waals surface area contributed by atoms with Crippen LogP contribution in [0.5, 0.6) is 11.5 Å². The molecule has 0 aromatic heterocycles. The van der Waals surface area contributed by atoms with Crippen LogP contribution in [0, 0.1) is 0 Å². The highest BCUT2D eigenvalue weighted by molar-refractivity contribution is 9.10. The molecule has 4 heteroatoms. The molecule has 0 aliphatic heterocycles. The lowest BCUT2D eigenvalue weighted by Gasteiger charge is -2.09. The van der Waals surface area contributed by atoms with Crippen molar-refractivity contribution in [1.82, 2.24) is 5.32 Å². The zero-order chi connectivity index (χ0) is 14.2. The number of rotatable bonds is 7. The Morgan fingerprint density at radius 2 is 1.85 bits per heavy atom. The Bertz CT molecular complexity index is 531. The fourth-order valence-electron chi connectivity index (χ4n) is 1.83. The average molecular weight is 336 g/mol. The van der Waals surface area contributed by atoms with Crippen LogP contribution in [0.3, 0.4) is 0 Å². The molecular formula is C16H18BrNO2. The first-order chi connectivity index (χ1) is 9.77. The molecule has 106 valence electrons. The van der Waals surface area contributed by atoms with Crippen LogP contribution in [0.2, 0.25) is 0 Å². The topological polar surface area (TPSA) is 41.5 Å². The molecule has 2 rings (SSSR count). The quantitative estimate of drug-likeness (QED) is 0.758. The average Bonchev–Trinajstić information content (AvgIpc) is 2.48. The highest BCUT2D eigenvalue weighted by atomic mass is 79.9. The van der Waals surface area contributed by atoms with E-state index in [0.717, 1.165) is 28.8 Å².